The van der Waals surface area contributed by atoms with Gasteiger partial charge in [0.25, 0.3) is 0 Å². The van der Waals surface area contributed by atoms with Crippen LogP contribution in [0.5, 0.6) is 0 Å². The molecule has 0 atom stereocenters. The third kappa shape index (κ3) is 2.18. The van der Waals surface area contributed by atoms with Crippen molar-refractivity contribution < 1.29 is 13.6 Å². The quantitative estimate of drug-likeness (QED) is 0.458. The summed E-state index contributed by atoms with van der Waals surface area (Å²) in [6.45, 7) is 5.12. The van der Waals surface area contributed by atoms with Crippen LogP contribution in [0.15, 0.2) is 0 Å². The molecule has 0 radical (unpaired) electrons. The molecular formula is C6H12NO3PSe. The van der Waals surface area contributed by atoms with E-state index < -0.39 is 6.19 Å². The molecule has 0 amide bonds. The van der Waals surface area contributed by atoms with E-state index >= 15 is 0 Å². The maximum absolute atomic E-state index is 5.51. The molecule has 3 aliphatic rings. The van der Waals surface area contributed by atoms with Crippen molar-refractivity contribution in [2.45, 2.75) is 0 Å². The molecule has 70 valence electrons. The summed E-state index contributed by atoms with van der Waals surface area (Å²) in [6, 6.07) is 0. The Labute approximate surface area is 79.6 Å². The van der Waals surface area contributed by atoms with Gasteiger partial charge in [0.1, 0.15) is 0 Å². The Kier molecular flexibility index (Phi) is 3.03. The molecule has 6 heteroatoms. The number of hydrogen-bond donors (Lipinski definition) is 0. The van der Waals surface area contributed by atoms with Gasteiger partial charge in [0.15, 0.2) is 0 Å². The van der Waals surface area contributed by atoms with Crippen molar-refractivity contribution >= 4 is 21.3 Å². The zero-order valence-corrected chi connectivity index (χ0v) is 9.38. The number of hydrogen-bond acceptors (Lipinski definition) is 4. The van der Waals surface area contributed by atoms with Crippen molar-refractivity contribution in [1.29, 1.82) is 0 Å². The Morgan fingerprint density at radius 1 is 0.917 bits per heavy atom. The average molecular weight is 256 g/mol. The third-order valence-corrected chi connectivity index (χ3v) is 5.46. The van der Waals surface area contributed by atoms with Gasteiger partial charge < -0.3 is 0 Å². The van der Waals surface area contributed by atoms with Crippen LogP contribution in [0.2, 0.25) is 0 Å². The van der Waals surface area contributed by atoms with Crippen molar-refractivity contribution in [2.24, 2.45) is 0 Å². The Morgan fingerprint density at radius 2 is 1.33 bits per heavy atom. The first-order chi connectivity index (χ1) is 5.79. The number of fused-ring (bicyclic) bond motifs is 6. The van der Waals surface area contributed by atoms with Gasteiger partial charge in [-0.05, 0) is 0 Å². The standard InChI is InChI=1S/C6H12NO3PSe/c12-11-8-4-1-7(2-5-9-11)3-6-10-11/h1-6H2. The van der Waals surface area contributed by atoms with E-state index in [9.17, 15) is 0 Å². The molecule has 4 nitrogen and oxygen atoms in total. The Bertz CT molecular complexity index is 180. The van der Waals surface area contributed by atoms with Gasteiger partial charge in [-0.3, -0.25) is 0 Å². The van der Waals surface area contributed by atoms with E-state index in [-0.39, 0.29) is 0 Å². The van der Waals surface area contributed by atoms with Crippen molar-refractivity contribution in [3.63, 3.8) is 0 Å². The van der Waals surface area contributed by atoms with Crippen molar-refractivity contribution in [1.82, 2.24) is 4.90 Å². The van der Waals surface area contributed by atoms with Crippen LogP contribution in [0, 0.1) is 0 Å². The monoisotopic (exact) mass is 257 g/mol. The summed E-state index contributed by atoms with van der Waals surface area (Å²) in [5, 5.41) is 0. The first-order valence-corrected chi connectivity index (χ1v) is 7.80. The van der Waals surface area contributed by atoms with Crippen LogP contribution in [0.4, 0.5) is 0 Å². The molecule has 0 N–H and O–H groups in total. The molecule has 0 saturated carbocycles. The van der Waals surface area contributed by atoms with Gasteiger partial charge in [0, 0.05) is 0 Å². The SMILES string of the molecule is [Se]=P12OCCN(CCO1)CCO2. The molecule has 0 aliphatic carbocycles. The first-order valence-electron chi connectivity index (χ1n) is 4.05. The van der Waals surface area contributed by atoms with Gasteiger partial charge in [0.05, 0.1) is 0 Å². The van der Waals surface area contributed by atoms with E-state index in [0.717, 1.165) is 19.6 Å². The van der Waals surface area contributed by atoms with Crippen LogP contribution < -0.4 is 0 Å². The van der Waals surface area contributed by atoms with E-state index in [1.54, 1.807) is 0 Å². The fraction of sp³-hybridized carbons (Fsp3) is 1.00. The molecule has 0 aromatic rings. The summed E-state index contributed by atoms with van der Waals surface area (Å²) in [4.78, 5) is 2.29. The predicted molar refractivity (Wildman–Crippen MR) is 47.0 cm³/mol. The van der Waals surface area contributed by atoms with Gasteiger partial charge in [0.2, 0.25) is 0 Å². The van der Waals surface area contributed by atoms with Crippen LogP contribution in [0.3, 0.4) is 0 Å². The zero-order chi connectivity index (χ0) is 8.44. The Balaban J connectivity index is 2.11. The Morgan fingerprint density at radius 3 is 1.75 bits per heavy atom. The van der Waals surface area contributed by atoms with E-state index in [0.29, 0.717) is 19.8 Å². The molecule has 0 aromatic carbocycles. The summed E-state index contributed by atoms with van der Waals surface area (Å²) in [5.41, 5.74) is 0. The molecule has 0 aromatic heterocycles. The van der Waals surface area contributed by atoms with Gasteiger partial charge in [-0.15, -0.1) is 0 Å². The Hall–Kier alpha value is 0.789. The minimum absolute atomic E-state index is 0.709. The molecule has 0 unspecified atom stereocenters. The molecule has 12 heavy (non-hydrogen) atoms. The summed E-state index contributed by atoms with van der Waals surface area (Å²) in [5.74, 6) is 0. The normalized spacial score (nSPS) is 43.2. The molecular weight excluding hydrogens is 244 g/mol. The number of nitrogens with zero attached hydrogens (tertiary/aromatic N) is 1. The average Bonchev–Trinajstić information content (AvgIpc) is 1.93. The van der Waals surface area contributed by atoms with Crippen molar-refractivity contribution in [3.8, 4) is 0 Å². The van der Waals surface area contributed by atoms with Crippen molar-refractivity contribution in [2.75, 3.05) is 39.5 Å². The molecule has 3 heterocycles. The van der Waals surface area contributed by atoms with Gasteiger partial charge >= 0.3 is 79.2 Å². The molecule has 3 fully saturated rings. The summed E-state index contributed by atoms with van der Waals surface area (Å²) >= 11 is 2.91. The van der Waals surface area contributed by atoms with Crippen LogP contribution >= 0.6 is 6.19 Å². The summed E-state index contributed by atoms with van der Waals surface area (Å²) < 4.78 is 16.5. The van der Waals surface area contributed by atoms with E-state index in [1.807, 2.05) is 0 Å². The molecule has 2 bridgehead atoms. The second-order valence-corrected chi connectivity index (χ2v) is 7.27. The van der Waals surface area contributed by atoms with Crippen molar-refractivity contribution in [3.05, 3.63) is 0 Å². The molecule has 0 spiro atoms. The van der Waals surface area contributed by atoms with E-state index in [1.165, 1.54) is 0 Å². The third-order valence-electron chi connectivity index (χ3n) is 1.97. The van der Waals surface area contributed by atoms with Crippen LogP contribution in [0.1, 0.15) is 0 Å². The topological polar surface area (TPSA) is 30.9 Å². The van der Waals surface area contributed by atoms with Crippen LogP contribution in [0.25, 0.3) is 0 Å². The van der Waals surface area contributed by atoms with E-state index in [2.05, 4.69) is 20.0 Å². The second-order valence-electron chi connectivity index (χ2n) is 2.79. The molecule has 3 aliphatic heterocycles. The van der Waals surface area contributed by atoms with Crippen LogP contribution in [-0.4, -0.2) is 59.5 Å². The van der Waals surface area contributed by atoms with Gasteiger partial charge in [-0.2, -0.15) is 0 Å². The molecule has 3 rings (SSSR count). The van der Waals surface area contributed by atoms with E-state index in [4.69, 9.17) is 13.6 Å². The fourth-order valence-corrected chi connectivity index (χ4v) is 3.84. The molecule has 3 saturated heterocycles. The summed E-state index contributed by atoms with van der Waals surface area (Å²) in [7, 11) is 0. The fourth-order valence-electron chi connectivity index (χ4n) is 1.29. The number of rotatable bonds is 0. The first kappa shape index (κ1) is 9.35. The predicted octanol–water partition coefficient (Wildman–Crippen LogP) is 0.212. The van der Waals surface area contributed by atoms with Gasteiger partial charge in [-0.25, -0.2) is 0 Å². The van der Waals surface area contributed by atoms with Gasteiger partial charge in [-0.1, -0.05) is 0 Å². The van der Waals surface area contributed by atoms with Crippen LogP contribution in [-0.2, 0) is 13.6 Å². The summed E-state index contributed by atoms with van der Waals surface area (Å²) in [6.07, 6.45) is -2.05. The minimum atomic E-state index is -2.05. The zero-order valence-electron chi connectivity index (χ0n) is 6.77. The second kappa shape index (κ2) is 3.89. The maximum atomic E-state index is 5.51.